The molecule has 1 unspecified atom stereocenters. The summed E-state index contributed by atoms with van der Waals surface area (Å²) in [6, 6.07) is 0. The zero-order valence-corrected chi connectivity index (χ0v) is 9.33. The Balaban J connectivity index is 1.89. The Kier molecular flexibility index (Phi) is 3.72. The number of hydrogen-bond acceptors (Lipinski definition) is 4. The summed E-state index contributed by atoms with van der Waals surface area (Å²) in [5.41, 5.74) is 0. The predicted octanol–water partition coefficient (Wildman–Crippen LogP) is 1.56. The van der Waals surface area contributed by atoms with Crippen molar-refractivity contribution in [1.82, 2.24) is 15.5 Å². The fourth-order valence-electron chi connectivity index (χ4n) is 2.06. The van der Waals surface area contributed by atoms with Crippen LogP contribution in [0, 0.1) is 5.92 Å². The Morgan fingerprint density at radius 2 is 2.13 bits per heavy atom. The van der Waals surface area contributed by atoms with Gasteiger partial charge in [0.15, 0.2) is 0 Å². The first-order valence-corrected chi connectivity index (χ1v) is 5.90. The van der Waals surface area contributed by atoms with Crippen LogP contribution in [0.4, 0.5) is 0 Å². The fourth-order valence-corrected chi connectivity index (χ4v) is 2.06. The number of nitrogens with zero attached hydrogens (tertiary/aromatic N) is 2. The molecule has 1 N–H and O–H groups in total. The third kappa shape index (κ3) is 3.02. The zero-order valence-electron chi connectivity index (χ0n) is 9.33. The van der Waals surface area contributed by atoms with Crippen LogP contribution in [0.2, 0.25) is 0 Å². The topological polar surface area (TPSA) is 51.0 Å². The van der Waals surface area contributed by atoms with Gasteiger partial charge < -0.3 is 9.73 Å². The molecule has 4 nitrogen and oxygen atoms in total. The van der Waals surface area contributed by atoms with Gasteiger partial charge in [0, 0.05) is 12.8 Å². The second-order valence-electron chi connectivity index (χ2n) is 4.19. The van der Waals surface area contributed by atoms with Gasteiger partial charge in [0.05, 0.1) is 0 Å². The molecule has 84 valence electrons. The minimum atomic E-state index is 0.713. The van der Waals surface area contributed by atoms with E-state index in [-0.39, 0.29) is 0 Å². The fraction of sp³-hybridized carbons (Fsp3) is 0.818. The summed E-state index contributed by atoms with van der Waals surface area (Å²) in [6.07, 6.45) is 5.55. The molecule has 0 amide bonds. The molecule has 1 aromatic rings. The Morgan fingerprint density at radius 3 is 2.93 bits per heavy atom. The maximum absolute atomic E-state index is 5.53. The van der Waals surface area contributed by atoms with Crippen molar-refractivity contribution in [1.29, 1.82) is 0 Å². The molecule has 1 saturated heterocycles. The van der Waals surface area contributed by atoms with Crippen molar-refractivity contribution >= 4 is 0 Å². The number of hydrogen-bond donors (Lipinski definition) is 1. The highest BCUT2D eigenvalue weighted by molar-refractivity contribution is 4.84. The molecular weight excluding hydrogens is 190 g/mol. The monoisotopic (exact) mass is 209 g/mol. The summed E-state index contributed by atoms with van der Waals surface area (Å²) in [6.45, 7) is 4.31. The highest BCUT2D eigenvalue weighted by Crippen LogP contribution is 2.18. The average Bonchev–Trinajstić information content (AvgIpc) is 2.54. The molecule has 1 atom stereocenters. The molecule has 1 fully saturated rings. The third-order valence-electron chi connectivity index (χ3n) is 2.97. The summed E-state index contributed by atoms with van der Waals surface area (Å²) in [7, 11) is 0. The molecule has 1 aliphatic heterocycles. The van der Waals surface area contributed by atoms with E-state index < -0.39 is 0 Å². The van der Waals surface area contributed by atoms with Gasteiger partial charge in [-0.1, -0.05) is 6.92 Å². The van der Waals surface area contributed by atoms with Crippen molar-refractivity contribution in [3.05, 3.63) is 11.8 Å². The van der Waals surface area contributed by atoms with E-state index >= 15 is 0 Å². The van der Waals surface area contributed by atoms with E-state index in [0.29, 0.717) is 5.92 Å². The number of rotatable bonds is 3. The Hall–Kier alpha value is -0.900. The summed E-state index contributed by atoms with van der Waals surface area (Å²) in [5.74, 6) is 2.29. The smallest absolute Gasteiger partial charge is 0.216 e. The molecule has 0 aromatic carbocycles. The minimum Gasteiger partial charge on any atom is -0.425 e. The molecule has 0 bridgehead atoms. The van der Waals surface area contributed by atoms with Crippen LogP contribution >= 0.6 is 0 Å². The van der Waals surface area contributed by atoms with Crippen LogP contribution in [-0.4, -0.2) is 23.3 Å². The van der Waals surface area contributed by atoms with E-state index in [2.05, 4.69) is 15.5 Å². The van der Waals surface area contributed by atoms with Crippen LogP contribution in [-0.2, 0) is 12.8 Å². The summed E-state index contributed by atoms with van der Waals surface area (Å²) in [4.78, 5) is 0. The maximum atomic E-state index is 5.53. The molecule has 1 aliphatic rings. The predicted molar refractivity (Wildman–Crippen MR) is 57.6 cm³/mol. The second-order valence-corrected chi connectivity index (χ2v) is 4.19. The molecule has 0 spiro atoms. The number of aromatic nitrogens is 2. The lowest BCUT2D eigenvalue weighted by Crippen LogP contribution is -2.14. The van der Waals surface area contributed by atoms with E-state index in [0.717, 1.165) is 37.7 Å². The molecule has 0 saturated carbocycles. The van der Waals surface area contributed by atoms with E-state index in [9.17, 15) is 0 Å². The Bertz CT molecular complexity index is 290. The van der Waals surface area contributed by atoms with Crippen LogP contribution in [0.15, 0.2) is 4.42 Å². The van der Waals surface area contributed by atoms with Crippen molar-refractivity contribution in [3.63, 3.8) is 0 Å². The van der Waals surface area contributed by atoms with Crippen molar-refractivity contribution in [2.75, 3.05) is 13.1 Å². The highest BCUT2D eigenvalue weighted by atomic mass is 16.4. The highest BCUT2D eigenvalue weighted by Gasteiger charge is 2.15. The van der Waals surface area contributed by atoms with Crippen molar-refractivity contribution in [2.45, 2.75) is 39.0 Å². The molecule has 1 aromatic heterocycles. The lowest BCUT2D eigenvalue weighted by atomic mass is 9.97. The second kappa shape index (κ2) is 5.26. The van der Waals surface area contributed by atoms with E-state index in [1.54, 1.807) is 0 Å². The van der Waals surface area contributed by atoms with Gasteiger partial charge in [-0.25, -0.2) is 0 Å². The van der Waals surface area contributed by atoms with E-state index in [1.807, 2.05) is 6.92 Å². The van der Waals surface area contributed by atoms with Crippen LogP contribution in [0.1, 0.15) is 38.0 Å². The summed E-state index contributed by atoms with van der Waals surface area (Å²) >= 11 is 0. The van der Waals surface area contributed by atoms with Gasteiger partial charge in [-0.05, 0) is 38.3 Å². The molecule has 0 aliphatic carbocycles. The Labute approximate surface area is 90.5 Å². The minimum absolute atomic E-state index is 0.713. The standard InChI is InChI=1S/C11H19N3O/c1-2-10-13-14-11(15-10)8-9-4-3-6-12-7-5-9/h9,12H,2-8H2,1H3. The van der Waals surface area contributed by atoms with Gasteiger partial charge in [0.25, 0.3) is 0 Å². The van der Waals surface area contributed by atoms with Crippen LogP contribution in [0.5, 0.6) is 0 Å². The van der Waals surface area contributed by atoms with Crippen molar-refractivity contribution in [3.8, 4) is 0 Å². The average molecular weight is 209 g/mol. The normalized spacial score (nSPS) is 22.6. The first kappa shape index (κ1) is 10.6. The SMILES string of the molecule is CCc1nnc(CC2CCCNCC2)o1. The number of nitrogens with one attached hydrogen (secondary N) is 1. The Morgan fingerprint density at radius 1 is 1.27 bits per heavy atom. The lowest BCUT2D eigenvalue weighted by Gasteiger charge is -2.09. The van der Waals surface area contributed by atoms with Gasteiger partial charge in [-0.15, -0.1) is 10.2 Å². The van der Waals surface area contributed by atoms with E-state index in [1.165, 1.54) is 19.3 Å². The van der Waals surface area contributed by atoms with Crippen molar-refractivity contribution in [2.24, 2.45) is 5.92 Å². The van der Waals surface area contributed by atoms with Crippen LogP contribution < -0.4 is 5.32 Å². The lowest BCUT2D eigenvalue weighted by molar-refractivity contribution is 0.386. The molecule has 4 heteroatoms. The van der Waals surface area contributed by atoms with Crippen LogP contribution in [0.3, 0.4) is 0 Å². The van der Waals surface area contributed by atoms with Gasteiger partial charge in [-0.3, -0.25) is 0 Å². The van der Waals surface area contributed by atoms with Crippen LogP contribution in [0.25, 0.3) is 0 Å². The van der Waals surface area contributed by atoms with Gasteiger partial charge in [-0.2, -0.15) is 0 Å². The molecular formula is C11H19N3O. The first-order valence-electron chi connectivity index (χ1n) is 5.90. The maximum Gasteiger partial charge on any atom is 0.216 e. The quantitative estimate of drug-likeness (QED) is 0.821. The largest absolute Gasteiger partial charge is 0.425 e. The van der Waals surface area contributed by atoms with Gasteiger partial charge in [0.1, 0.15) is 0 Å². The third-order valence-corrected chi connectivity index (χ3v) is 2.97. The number of aryl methyl sites for hydroxylation is 1. The summed E-state index contributed by atoms with van der Waals surface area (Å²) in [5, 5.41) is 11.5. The zero-order chi connectivity index (χ0) is 10.5. The van der Waals surface area contributed by atoms with Gasteiger partial charge >= 0.3 is 0 Å². The first-order chi connectivity index (χ1) is 7.38. The summed E-state index contributed by atoms with van der Waals surface area (Å²) < 4.78 is 5.53. The molecule has 0 radical (unpaired) electrons. The van der Waals surface area contributed by atoms with E-state index in [4.69, 9.17) is 4.42 Å². The van der Waals surface area contributed by atoms with Gasteiger partial charge in [0.2, 0.25) is 11.8 Å². The van der Waals surface area contributed by atoms with Crippen molar-refractivity contribution < 1.29 is 4.42 Å². The molecule has 15 heavy (non-hydrogen) atoms. The molecule has 2 rings (SSSR count). The molecule has 2 heterocycles.